The average Bonchev–Trinajstić information content (AvgIpc) is 2.63. The molecule has 6 heteroatoms. The first-order valence-electron chi connectivity index (χ1n) is 5.64. The fourth-order valence-corrected chi connectivity index (χ4v) is 1.76. The van der Waals surface area contributed by atoms with E-state index >= 15 is 0 Å². The predicted molar refractivity (Wildman–Crippen MR) is 64.1 cm³/mol. The topological polar surface area (TPSA) is 72.9 Å². The van der Waals surface area contributed by atoms with Gasteiger partial charge in [-0.15, -0.1) is 5.06 Å². The van der Waals surface area contributed by atoms with Crippen molar-refractivity contribution in [1.82, 2.24) is 5.06 Å². The Morgan fingerprint density at radius 2 is 1.58 bits per heavy atom. The number of nitrogens with zero attached hydrogens (tertiary/aromatic N) is 1. The first-order valence-corrected chi connectivity index (χ1v) is 5.64. The summed E-state index contributed by atoms with van der Waals surface area (Å²) in [5, 5.41) is 0.599. The van der Waals surface area contributed by atoms with E-state index in [1.165, 1.54) is 33.1 Å². The van der Waals surface area contributed by atoms with Crippen LogP contribution in [0.2, 0.25) is 0 Å². The van der Waals surface area contributed by atoms with Gasteiger partial charge in [-0.2, -0.15) is 0 Å². The average molecular weight is 263 g/mol. The van der Waals surface area contributed by atoms with Crippen LogP contribution in [0, 0.1) is 0 Å². The molecule has 1 heterocycles. The Hall–Kier alpha value is -2.21. The van der Waals surface area contributed by atoms with Gasteiger partial charge in [0.25, 0.3) is 11.8 Å². The first-order chi connectivity index (χ1) is 8.88. The minimum absolute atomic E-state index is 0.258. The van der Waals surface area contributed by atoms with Gasteiger partial charge in [-0.3, -0.25) is 9.59 Å². The number of carbonyl (C=O) groups is 3. The number of esters is 1. The molecular formula is C13H13NO5. The molecule has 0 N–H and O–H groups in total. The molecule has 0 atom stereocenters. The van der Waals surface area contributed by atoms with Gasteiger partial charge in [0.1, 0.15) is 0 Å². The molecule has 1 aliphatic heterocycles. The molecule has 100 valence electrons. The second-order valence-electron chi connectivity index (χ2n) is 4.54. The SMILES string of the molecule is COC(=O)C(C)(C)ON1C(=O)c2ccccc2C1=O. The largest absolute Gasteiger partial charge is 0.467 e. The van der Waals surface area contributed by atoms with E-state index in [9.17, 15) is 14.4 Å². The Bertz CT molecular complexity index is 529. The van der Waals surface area contributed by atoms with Crippen molar-refractivity contribution in [2.24, 2.45) is 0 Å². The number of benzene rings is 1. The van der Waals surface area contributed by atoms with E-state index in [1.54, 1.807) is 12.1 Å². The Labute approximate surface area is 109 Å². The van der Waals surface area contributed by atoms with Crippen LogP contribution in [-0.2, 0) is 14.4 Å². The summed E-state index contributed by atoms with van der Waals surface area (Å²) >= 11 is 0. The van der Waals surface area contributed by atoms with Crippen molar-refractivity contribution in [1.29, 1.82) is 0 Å². The van der Waals surface area contributed by atoms with Gasteiger partial charge in [0, 0.05) is 0 Å². The van der Waals surface area contributed by atoms with Crippen LogP contribution >= 0.6 is 0 Å². The molecule has 19 heavy (non-hydrogen) atoms. The molecule has 1 aliphatic rings. The molecule has 0 radical (unpaired) electrons. The minimum Gasteiger partial charge on any atom is -0.467 e. The van der Waals surface area contributed by atoms with Gasteiger partial charge in [-0.25, -0.2) is 9.63 Å². The Balaban J connectivity index is 2.28. The molecule has 0 fully saturated rings. The van der Waals surface area contributed by atoms with Gasteiger partial charge >= 0.3 is 5.97 Å². The second kappa shape index (κ2) is 4.47. The summed E-state index contributed by atoms with van der Waals surface area (Å²) in [6, 6.07) is 6.37. The molecule has 0 saturated carbocycles. The lowest BCUT2D eigenvalue weighted by molar-refractivity contribution is -0.201. The van der Waals surface area contributed by atoms with Crippen LogP contribution in [0.4, 0.5) is 0 Å². The van der Waals surface area contributed by atoms with Crippen molar-refractivity contribution in [3.05, 3.63) is 35.4 Å². The van der Waals surface area contributed by atoms with Crippen molar-refractivity contribution in [3.63, 3.8) is 0 Å². The number of hydrogen-bond acceptors (Lipinski definition) is 5. The summed E-state index contributed by atoms with van der Waals surface area (Å²) < 4.78 is 4.56. The molecule has 0 saturated heterocycles. The summed E-state index contributed by atoms with van der Waals surface area (Å²) in [5.41, 5.74) is -0.913. The monoisotopic (exact) mass is 263 g/mol. The molecular weight excluding hydrogens is 250 g/mol. The van der Waals surface area contributed by atoms with Crippen molar-refractivity contribution < 1.29 is 24.0 Å². The van der Waals surface area contributed by atoms with Crippen molar-refractivity contribution in [2.45, 2.75) is 19.4 Å². The molecule has 2 rings (SSSR count). The van der Waals surface area contributed by atoms with E-state index in [0.717, 1.165) is 0 Å². The highest BCUT2D eigenvalue weighted by atomic mass is 16.7. The third-order valence-corrected chi connectivity index (χ3v) is 2.75. The van der Waals surface area contributed by atoms with Crippen LogP contribution in [0.5, 0.6) is 0 Å². The van der Waals surface area contributed by atoms with Gasteiger partial charge < -0.3 is 4.74 Å². The number of amides is 2. The van der Waals surface area contributed by atoms with Gasteiger partial charge in [-0.1, -0.05) is 12.1 Å². The number of hydroxylamine groups is 2. The molecule has 0 aliphatic carbocycles. The van der Waals surface area contributed by atoms with E-state index in [-0.39, 0.29) is 11.1 Å². The third-order valence-electron chi connectivity index (χ3n) is 2.75. The summed E-state index contributed by atoms with van der Waals surface area (Å²) in [7, 11) is 1.20. The molecule has 0 bridgehead atoms. The zero-order valence-electron chi connectivity index (χ0n) is 10.8. The van der Waals surface area contributed by atoms with Crippen LogP contribution in [0.1, 0.15) is 34.6 Å². The van der Waals surface area contributed by atoms with Crippen LogP contribution < -0.4 is 0 Å². The zero-order valence-corrected chi connectivity index (χ0v) is 10.8. The summed E-state index contributed by atoms with van der Waals surface area (Å²) in [4.78, 5) is 40.8. The predicted octanol–water partition coefficient (Wildman–Crippen LogP) is 1.17. The van der Waals surface area contributed by atoms with E-state index in [2.05, 4.69) is 4.74 Å². The molecule has 0 aromatic heterocycles. The van der Waals surface area contributed by atoms with Crippen LogP contribution in [0.15, 0.2) is 24.3 Å². The highest BCUT2D eigenvalue weighted by molar-refractivity contribution is 6.20. The van der Waals surface area contributed by atoms with E-state index in [1.807, 2.05) is 0 Å². The number of rotatable bonds is 3. The maximum atomic E-state index is 12.0. The highest BCUT2D eigenvalue weighted by Gasteiger charge is 2.42. The number of imide groups is 1. The maximum Gasteiger partial charge on any atom is 0.340 e. The van der Waals surface area contributed by atoms with Crippen LogP contribution in [0.3, 0.4) is 0 Å². The third kappa shape index (κ3) is 2.10. The number of methoxy groups -OCH3 is 1. The second-order valence-corrected chi connectivity index (χ2v) is 4.54. The molecule has 1 aromatic rings. The minimum atomic E-state index is -1.43. The van der Waals surface area contributed by atoms with Gasteiger partial charge in [0.05, 0.1) is 18.2 Å². The van der Waals surface area contributed by atoms with Crippen molar-refractivity contribution in [2.75, 3.05) is 7.11 Å². The lowest BCUT2D eigenvalue weighted by Crippen LogP contribution is -2.45. The van der Waals surface area contributed by atoms with Gasteiger partial charge in [0.2, 0.25) is 0 Å². The number of ether oxygens (including phenoxy) is 1. The quantitative estimate of drug-likeness (QED) is 0.604. The summed E-state index contributed by atoms with van der Waals surface area (Å²) in [6.45, 7) is 2.84. The van der Waals surface area contributed by atoms with Crippen LogP contribution in [-0.4, -0.2) is 35.6 Å². The van der Waals surface area contributed by atoms with E-state index < -0.39 is 23.4 Å². The van der Waals surface area contributed by atoms with Gasteiger partial charge in [0.15, 0.2) is 5.60 Å². The van der Waals surface area contributed by atoms with Crippen LogP contribution in [0.25, 0.3) is 0 Å². The van der Waals surface area contributed by atoms with Crippen molar-refractivity contribution >= 4 is 17.8 Å². The standard InChI is InChI=1S/C13H13NO5/c1-13(2,12(17)18-3)19-14-10(15)8-6-4-5-7-9(8)11(14)16/h4-7H,1-3H3. The molecule has 0 spiro atoms. The number of fused-ring (bicyclic) bond motifs is 1. The van der Waals surface area contributed by atoms with E-state index in [0.29, 0.717) is 5.06 Å². The fourth-order valence-electron chi connectivity index (χ4n) is 1.76. The highest BCUT2D eigenvalue weighted by Crippen LogP contribution is 2.26. The lowest BCUT2D eigenvalue weighted by atomic mass is 10.1. The van der Waals surface area contributed by atoms with E-state index in [4.69, 9.17) is 4.84 Å². The van der Waals surface area contributed by atoms with Crippen molar-refractivity contribution in [3.8, 4) is 0 Å². The summed E-state index contributed by atoms with van der Waals surface area (Å²) in [6.07, 6.45) is 0. The molecule has 0 unspecified atom stereocenters. The maximum absolute atomic E-state index is 12.0. The Kier molecular flexibility index (Phi) is 3.11. The normalized spacial score (nSPS) is 14.6. The smallest absolute Gasteiger partial charge is 0.340 e. The lowest BCUT2D eigenvalue weighted by Gasteiger charge is -2.25. The number of carbonyl (C=O) groups excluding carboxylic acids is 3. The fraction of sp³-hybridized carbons (Fsp3) is 0.308. The summed E-state index contributed by atoms with van der Waals surface area (Å²) in [5.74, 6) is -1.85. The Morgan fingerprint density at radius 3 is 2.00 bits per heavy atom. The molecule has 6 nitrogen and oxygen atoms in total. The number of hydrogen-bond donors (Lipinski definition) is 0. The molecule has 1 aromatic carbocycles. The first kappa shape index (κ1) is 13.2. The Morgan fingerprint density at radius 1 is 1.11 bits per heavy atom. The molecule has 2 amide bonds. The zero-order chi connectivity index (χ0) is 14.2. The van der Waals surface area contributed by atoms with Gasteiger partial charge in [-0.05, 0) is 26.0 Å².